The summed E-state index contributed by atoms with van der Waals surface area (Å²) in [5.74, 6) is -0.120. The number of carbonyl (C=O) groups is 1. The molecule has 2 heterocycles. The predicted molar refractivity (Wildman–Crippen MR) is 113 cm³/mol. The molecule has 0 aliphatic carbocycles. The highest BCUT2D eigenvalue weighted by molar-refractivity contribution is 6.06. The topological polar surface area (TPSA) is 51.9 Å². The number of hydrogen-bond acceptors (Lipinski definition) is 2. The average Bonchev–Trinajstić information content (AvgIpc) is 3.13. The number of aryl methyl sites for hydroxylation is 3. The van der Waals surface area contributed by atoms with Gasteiger partial charge in [-0.1, -0.05) is 30.3 Å². The van der Waals surface area contributed by atoms with Crippen LogP contribution in [0.3, 0.4) is 0 Å². The van der Waals surface area contributed by atoms with Gasteiger partial charge in [0, 0.05) is 41.9 Å². The maximum absolute atomic E-state index is 12.8. The lowest BCUT2D eigenvalue weighted by Crippen LogP contribution is -2.12. The second-order valence-electron chi connectivity index (χ2n) is 7.27. The van der Waals surface area contributed by atoms with Crippen LogP contribution in [-0.4, -0.2) is 20.3 Å². The Balaban J connectivity index is 1.68. The van der Waals surface area contributed by atoms with Crippen LogP contribution < -0.4 is 5.32 Å². The summed E-state index contributed by atoms with van der Waals surface area (Å²) in [6, 6.07) is 16.4. The predicted octanol–water partition coefficient (Wildman–Crippen LogP) is 4.60. The highest BCUT2D eigenvalue weighted by atomic mass is 16.1. The summed E-state index contributed by atoms with van der Waals surface area (Å²) < 4.78 is 4.01. The number of hydrogen-bond donors (Lipinski definition) is 1. The van der Waals surface area contributed by atoms with Gasteiger partial charge in [0.2, 0.25) is 0 Å². The minimum atomic E-state index is -0.120. The van der Waals surface area contributed by atoms with Crippen LogP contribution in [0.2, 0.25) is 0 Å². The van der Waals surface area contributed by atoms with E-state index in [1.54, 1.807) is 4.68 Å². The molecule has 0 aliphatic heterocycles. The summed E-state index contributed by atoms with van der Waals surface area (Å²) in [4.78, 5) is 12.8. The van der Waals surface area contributed by atoms with Crippen molar-refractivity contribution in [2.75, 3.05) is 5.32 Å². The molecule has 1 amide bonds. The Labute approximate surface area is 164 Å². The van der Waals surface area contributed by atoms with Gasteiger partial charge in [0.15, 0.2) is 0 Å². The minimum absolute atomic E-state index is 0.120. The maximum Gasteiger partial charge on any atom is 0.255 e. The average molecular weight is 372 g/mol. The van der Waals surface area contributed by atoms with E-state index in [4.69, 9.17) is 0 Å². The lowest BCUT2D eigenvalue weighted by Gasteiger charge is -2.09. The molecule has 4 rings (SSSR count). The fraction of sp³-hybridized carbons (Fsp3) is 0.217. The summed E-state index contributed by atoms with van der Waals surface area (Å²) in [7, 11) is 1.84. The Morgan fingerprint density at radius 1 is 1.07 bits per heavy atom. The Bertz CT molecular complexity index is 1170. The number of amides is 1. The van der Waals surface area contributed by atoms with Gasteiger partial charge in [-0.3, -0.25) is 9.48 Å². The van der Waals surface area contributed by atoms with E-state index in [9.17, 15) is 4.79 Å². The third-order valence-electron chi connectivity index (χ3n) is 5.35. The maximum atomic E-state index is 12.8. The van der Waals surface area contributed by atoms with Crippen molar-refractivity contribution in [1.29, 1.82) is 0 Å². The van der Waals surface area contributed by atoms with E-state index in [0.717, 1.165) is 28.8 Å². The van der Waals surface area contributed by atoms with Gasteiger partial charge in [-0.2, -0.15) is 5.10 Å². The van der Waals surface area contributed by atoms with E-state index in [-0.39, 0.29) is 5.91 Å². The molecule has 0 saturated carbocycles. The summed E-state index contributed by atoms with van der Waals surface area (Å²) in [5.41, 5.74) is 7.03. The molecule has 0 atom stereocenters. The van der Waals surface area contributed by atoms with E-state index < -0.39 is 0 Å². The van der Waals surface area contributed by atoms with Crippen molar-refractivity contribution in [2.45, 2.75) is 27.3 Å². The van der Waals surface area contributed by atoms with E-state index in [0.29, 0.717) is 5.56 Å². The first-order chi connectivity index (χ1) is 13.4. The zero-order valence-electron chi connectivity index (χ0n) is 16.7. The zero-order chi connectivity index (χ0) is 19.8. The number of rotatable bonds is 4. The molecule has 142 valence electrons. The Morgan fingerprint density at radius 3 is 2.50 bits per heavy atom. The van der Waals surface area contributed by atoms with E-state index in [1.807, 2.05) is 44.4 Å². The Hall–Kier alpha value is -3.34. The van der Waals surface area contributed by atoms with Crippen molar-refractivity contribution in [1.82, 2.24) is 14.3 Å². The quantitative estimate of drug-likeness (QED) is 0.569. The fourth-order valence-corrected chi connectivity index (χ4v) is 3.68. The fourth-order valence-electron chi connectivity index (χ4n) is 3.68. The molecule has 0 saturated heterocycles. The summed E-state index contributed by atoms with van der Waals surface area (Å²) in [5, 5.41) is 8.35. The van der Waals surface area contributed by atoms with Crippen LogP contribution in [0, 0.1) is 20.8 Å². The van der Waals surface area contributed by atoms with Crippen molar-refractivity contribution in [3.63, 3.8) is 0 Å². The van der Waals surface area contributed by atoms with Gasteiger partial charge < -0.3 is 9.88 Å². The van der Waals surface area contributed by atoms with Crippen LogP contribution in [0.1, 0.15) is 32.9 Å². The second-order valence-corrected chi connectivity index (χ2v) is 7.27. The van der Waals surface area contributed by atoms with Gasteiger partial charge in [0.25, 0.3) is 5.91 Å². The molecule has 0 spiro atoms. The molecular weight excluding hydrogens is 348 g/mol. The van der Waals surface area contributed by atoms with Crippen LogP contribution >= 0.6 is 0 Å². The Morgan fingerprint density at radius 2 is 1.82 bits per heavy atom. The van der Waals surface area contributed by atoms with Crippen molar-refractivity contribution in [3.05, 3.63) is 82.8 Å². The van der Waals surface area contributed by atoms with Crippen molar-refractivity contribution in [2.24, 2.45) is 7.05 Å². The third kappa shape index (κ3) is 3.20. The first-order valence-corrected chi connectivity index (χ1v) is 9.39. The molecule has 5 heteroatoms. The number of aromatic nitrogens is 3. The molecule has 5 nitrogen and oxygen atoms in total. The molecular formula is C23H24N4O. The van der Waals surface area contributed by atoms with Gasteiger partial charge in [-0.25, -0.2) is 0 Å². The molecule has 0 fully saturated rings. The SMILES string of the molecule is Cc1nn(C)cc1NC(=O)c1ccc2c(c1)c(C)c(C)n2Cc1ccccc1. The van der Waals surface area contributed by atoms with Crippen LogP contribution in [0.15, 0.2) is 54.7 Å². The van der Waals surface area contributed by atoms with Gasteiger partial charge in [-0.15, -0.1) is 0 Å². The minimum Gasteiger partial charge on any atom is -0.340 e. The first kappa shape index (κ1) is 18.0. The normalized spacial score (nSPS) is 11.1. The zero-order valence-corrected chi connectivity index (χ0v) is 16.7. The molecule has 2 aromatic carbocycles. The molecule has 4 aromatic rings. The van der Waals surface area contributed by atoms with Crippen molar-refractivity contribution < 1.29 is 4.79 Å². The highest BCUT2D eigenvalue weighted by Gasteiger charge is 2.15. The summed E-state index contributed by atoms with van der Waals surface area (Å²) in [6.45, 7) is 6.95. The molecule has 0 radical (unpaired) electrons. The molecule has 0 aliphatic rings. The Kier molecular flexibility index (Phi) is 4.51. The second kappa shape index (κ2) is 7.00. The smallest absolute Gasteiger partial charge is 0.255 e. The first-order valence-electron chi connectivity index (χ1n) is 9.39. The van der Waals surface area contributed by atoms with Crippen LogP contribution in [0.25, 0.3) is 10.9 Å². The highest BCUT2D eigenvalue weighted by Crippen LogP contribution is 2.27. The van der Waals surface area contributed by atoms with E-state index in [1.165, 1.54) is 16.8 Å². The standard InChI is InChI=1S/C23H24N4O/c1-15-17(3)27(13-18-8-6-5-7-9-18)22-11-10-19(12-20(15)22)23(28)24-21-14-26(4)25-16(21)2/h5-12,14H,13H2,1-4H3,(H,24,28). The van der Waals surface area contributed by atoms with Crippen LogP contribution in [0.4, 0.5) is 5.69 Å². The molecule has 0 bridgehead atoms. The number of benzene rings is 2. The molecule has 28 heavy (non-hydrogen) atoms. The third-order valence-corrected chi connectivity index (χ3v) is 5.35. The van der Waals surface area contributed by atoms with Gasteiger partial charge >= 0.3 is 0 Å². The number of nitrogens with one attached hydrogen (secondary N) is 1. The largest absolute Gasteiger partial charge is 0.340 e. The molecule has 0 unspecified atom stereocenters. The van der Waals surface area contributed by atoms with Crippen molar-refractivity contribution in [3.8, 4) is 0 Å². The van der Waals surface area contributed by atoms with Crippen LogP contribution in [-0.2, 0) is 13.6 Å². The number of nitrogens with zero attached hydrogens (tertiary/aromatic N) is 3. The number of carbonyl (C=O) groups excluding carboxylic acids is 1. The van der Waals surface area contributed by atoms with E-state index >= 15 is 0 Å². The molecule has 2 aromatic heterocycles. The van der Waals surface area contributed by atoms with Crippen LogP contribution in [0.5, 0.6) is 0 Å². The number of anilines is 1. The van der Waals surface area contributed by atoms with Crippen molar-refractivity contribution >= 4 is 22.5 Å². The molecule has 1 N–H and O–H groups in total. The lowest BCUT2D eigenvalue weighted by molar-refractivity contribution is 0.102. The van der Waals surface area contributed by atoms with Gasteiger partial charge in [0.1, 0.15) is 0 Å². The summed E-state index contributed by atoms with van der Waals surface area (Å²) in [6.07, 6.45) is 1.82. The summed E-state index contributed by atoms with van der Waals surface area (Å²) >= 11 is 0. The van der Waals surface area contributed by atoms with Gasteiger partial charge in [-0.05, 0) is 50.1 Å². The van der Waals surface area contributed by atoms with E-state index in [2.05, 4.69) is 53.1 Å². The lowest BCUT2D eigenvalue weighted by atomic mass is 10.1. The van der Waals surface area contributed by atoms with Gasteiger partial charge in [0.05, 0.1) is 11.4 Å². The number of fused-ring (bicyclic) bond motifs is 1. The monoisotopic (exact) mass is 372 g/mol.